The van der Waals surface area contributed by atoms with Crippen molar-refractivity contribution >= 4 is 0 Å². The molecule has 0 unspecified atom stereocenters. The Morgan fingerprint density at radius 1 is 1.55 bits per heavy atom. The highest BCUT2D eigenvalue weighted by atomic mass is 16.5. The summed E-state index contributed by atoms with van der Waals surface area (Å²) >= 11 is 0. The molecule has 11 heavy (non-hydrogen) atoms. The van der Waals surface area contributed by atoms with E-state index in [9.17, 15) is 0 Å². The van der Waals surface area contributed by atoms with Crippen LogP contribution in [0.2, 0.25) is 0 Å². The fourth-order valence-electron chi connectivity index (χ4n) is 0.686. The van der Waals surface area contributed by atoms with Gasteiger partial charge in [-0.2, -0.15) is 0 Å². The van der Waals surface area contributed by atoms with Gasteiger partial charge in [-0.05, 0) is 13.3 Å². The molecular formula is C8H19NO2. The molecule has 0 aromatic heterocycles. The Kier molecular flexibility index (Phi) is 6.51. The zero-order valence-electron chi connectivity index (χ0n) is 7.42. The Hall–Kier alpha value is -0.120. The fraction of sp³-hybridized carbons (Fsp3) is 1.00. The molecule has 3 N–H and O–H groups in total. The summed E-state index contributed by atoms with van der Waals surface area (Å²) in [7, 11) is 0. The molecule has 68 valence electrons. The smallest absolute Gasteiger partial charge is 0.0720 e. The van der Waals surface area contributed by atoms with E-state index in [4.69, 9.17) is 15.6 Å². The van der Waals surface area contributed by atoms with Gasteiger partial charge in [0.2, 0.25) is 0 Å². The number of rotatable bonds is 6. The normalized spacial score (nSPS) is 16.4. The second kappa shape index (κ2) is 6.58. The maximum absolute atomic E-state index is 8.66. The summed E-state index contributed by atoms with van der Waals surface area (Å²) in [5.41, 5.74) is 5.52. The quantitative estimate of drug-likeness (QED) is 0.558. The third kappa shape index (κ3) is 5.18. The largest absolute Gasteiger partial charge is 0.395 e. The van der Waals surface area contributed by atoms with Crippen molar-refractivity contribution in [3.63, 3.8) is 0 Å². The number of hydrogen-bond donors (Lipinski definition) is 2. The lowest BCUT2D eigenvalue weighted by Crippen LogP contribution is -2.37. The Balaban J connectivity index is 3.28. The van der Waals surface area contributed by atoms with Crippen LogP contribution in [-0.4, -0.2) is 30.5 Å². The number of unbranched alkanes of at least 4 members (excludes halogenated alkanes) is 1. The molecule has 0 aliphatic rings. The third-order valence-electron chi connectivity index (χ3n) is 1.69. The fourth-order valence-corrected chi connectivity index (χ4v) is 0.686. The van der Waals surface area contributed by atoms with E-state index < -0.39 is 0 Å². The van der Waals surface area contributed by atoms with Crippen molar-refractivity contribution in [3.8, 4) is 0 Å². The van der Waals surface area contributed by atoms with Gasteiger partial charge in [-0.15, -0.1) is 0 Å². The van der Waals surface area contributed by atoms with Gasteiger partial charge in [0.15, 0.2) is 0 Å². The van der Waals surface area contributed by atoms with Crippen molar-refractivity contribution in [2.45, 2.75) is 38.8 Å². The van der Waals surface area contributed by atoms with Crippen molar-refractivity contribution in [1.82, 2.24) is 0 Å². The molecule has 0 heterocycles. The van der Waals surface area contributed by atoms with E-state index in [1.807, 2.05) is 6.92 Å². The molecular weight excluding hydrogens is 142 g/mol. The highest BCUT2D eigenvalue weighted by Gasteiger charge is 2.10. The van der Waals surface area contributed by atoms with Crippen LogP contribution < -0.4 is 5.73 Å². The van der Waals surface area contributed by atoms with E-state index in [0.717, 1.165) is 19.4 Å². The van der Waals surface area contributed by atoms with E-state index in [1.165, 1.54) is 0 Å². The Morgan fingerprint density at radius 3 is 2.64 bits per heavy atom. The maximum atomic E-state index is 8.66. The van der Waals surface area contributed by atoms with Gasteiger partial charge in [-0.25, -0.2) is 0 Å². The predicted molar refractivity (Wildman–Crippen MR) is 45.4 cm³/mol. The number of hydrogen-bond acceptors (Lipinski definition) is 3. The summed E-state index contributed by atoms with van der Waals surface area (Å²) in [4.78, 5) is 0. The lowest BCUT2D eigenvalue weighted by atomic mass is 10.2. The first-order valence-corrected chi connectivity index (χ1v) is 4.20. The Morgan fingerprint density at radius 2 is 2.18 bits per heavy atom. The Labute approximate surface area is 68.5 Å². The van der Waals surface area contributed by atoms with Crippen molar-refractivity contribution < 1.29 is 9.84 Å². The lowest BCUT2D eigenvalue weighted by molar-refractivity contribution is 0.0320. The third-order valence-corrected chi connectivity index (χ3v) is 1.69. The molecule has 0 aliphatic carbocycles. The van der Waals surface area contributed by atoms with Gasteiger partial charge in [-0.3, -0.25) is 0 Å². The van der Waals surface area contributed by atoms with Gasteiger partial charge in [0.05, 0.1) is 18.8 Å². The van der Waals surface area contributed by atoms with Crippen molar-refractivity contribution in [2.24, 2.45) is 5.73 Å². The topological polar surface area (TPSA) is 55.5 Å². The molecule has 0 amide bonds. The zero-order chi connectivity index (χ0) is 8.69. The van der Waals surface area contributed by atoms with Crippen LogP contribution >= 0.6 is 0 Å². The number of aliphatic hydroxyl groups is 1. The van der Waals surface area contributed by atoms with Crippen LogP contribution in [0.3, 0.4) is 0 Å². The predicted octanol–water partition coefficient (Wildman–Crippen LogP) is 0.511. The highest BCUT2D eigenvalue weighted by Crippen LogP contribution is 1.97. The van der Waals surface area contributed by atoms with E-state index in [0.29, 0.717) is 0 Å². The van der Waals surface area contributed by atoms with E-state index in [1.54, 1.807) is 0 Å². The van der Waals surface area contributed by atoms with Crippen molar-refractivity contribution in [3.05, 3.63) is 0 Å². The van der Waals surface area contributed by atoms with Crippen LogP contribution in [-0.2, 0) is 4.74 Å². The molecule has 0 fully saturated rings. The van der Waals surface area contributed by atoms with Gasteiger partial charge >= 0.3 is 0 Å². The van der Waals surface area contributed by atoms with E-state index >= 15 is 0 Å². The summed E-state index contributed by atoms with van der Waals surface area (Å²) in [5, 5.41) is 8.66. The summed E-state index contributed by atoms with van der Waals surface area (Å²) in [6.45, 7) is 4.73. The number of aliphatic hydroxyl groups excluding tert-OH is 1. The minimum absolute atomic E-state index is 0.00666. The first kappa shape index (κ1) is 10.9. The molecule has 0 radical (unpaired) electrons. The second-order valence-corrected chi connectivity index (χ2v) is 2.78. The highest BCUT2D eigenvalue weighted by molar-refractivity contribution is 4.66. The maximum Gasteiger partial charge on any atom is 0.0720 e. The van der Waals surface area contributed by atoms with Crippen LogP contribution in [0.4, 0.5) is 0 Å². The van der Waals surface area contributed by atoms with Gasteiger partial charge < -0.3 is 15.6 Å². The molecule has 0 saturated heterocycles. The van der Waals surface area contributed by atoms with Crippen LogP contribution in [0.15, 0.2) is 0 Å². The molecule has 0 bridgehead atoms. The van der Waals surface area contributed by atoms with Crippen LogP contribution in [0.5, 0.6) is 0 Å². The van der Waals surface area contributed by atoms with Gasteiger partial charge in [0.1, 0.15) is 0 Å². The summed E-state index contributed by atoms with van der Waals surface area (Å²) in [5.74, 6) is 0. The Bertz CT molecular complexity index is 88.2. The molecule has 2 atom stereocenters. The van der Waals surface area contributed by atoms with Crippen LogP contribution in [0, 0.1) is 0 Å². The summed E-state index contributed by atoms with van der Waals surface area (Å²) in [6.07, 6.45) is 2.15. The number of nitrogens with two attached hydrogens (primary N) is 1. The van der Waals surface area contributed by atoms with Gasteiger partial charge in [0, 0.05) is 6.61 Å². The lowest BCUT2D eigenvalue weighted by Gasteiger charge is -2.17. The van der Waals surface area contributed by atoms with Gasteiger partial charge in [0.25, 0.3) is 0 Å². The number of ether oxygens (including phenoxy) is 1. The molecule has 0 aromatic rings. The van der Waals surface area contributed by atoms with Gasteiger partial charge in [-0.1, -0.05) is 13.3 Å². The van der Waals surface area contributed by atoms with E-state index in [2.05, 4.69) is 6.92 Å². The monoisotopic (exact) mass is 161 g/mol. The molecule has 0 rings (SSSR count). The minimum atomic E-state index is -0.244. The van der Waals surface area contributed by atoms with Crippen LogP contribution in [0.25, 0.3) is 0 Å². The van der Waals surface area contributed by atoms with E-state index in [-0.39, 0.29) is 18.8 Å². The molecule has 0 aromatic carbocycles. The standard InChI is InChI=1S/C8H19NO2/c1-3-4-5-11-7(2)8(9)6-10/h7-8,10H,3-6,9H2,1-2H3/t7-,8-/m0/s1. The minimum Gasteiger partial charge on any atom is -0.395 e. The molecule has 0 aliphatic heterocycles. The SMILES string of the molecule is CCCCO[C@@H](C)[C@@H](N)CO. The van der Waals surface area contributed by atoms with Crippen LogP contribution in [0.1, 0.15) is 26.7 Å². The molecule has 3 heteroatoms. The average Bonchev–Trinajstić information content (AvgIpc) is 2.03. The zero-order valence-corrected chi connectivity index (χ0v) is 7.42. The molecule has 3 nitrogen and oxygen atoms in total. The summed E-state index contributed by atoms with van der Waals surface area (Å²) < 4.78 is 5.35. The summed E-state index contributed by atoms with van der Waals surface area (Å²) in [6, 6.07) is -0.244. The molecule has 0 spiro atoms. The van der Waals surface area contributed by atoms with Crippen molar-refractivity contribution in [2.75, 3.05) is 13.2 Å². The molecule has 0 saturated carbocycles. The second-order valence-electron chi connectivity index (χ2n) is 2.78. The first-order chi connectivity index (χ1) is 5.22. The van der Waals surface area contributed by atoms with Crippen molar-refractivity contribution in [1.29, 1.82) is 0 Å². The first-order valence-electron chi connectivity index (χ1n) is 4.20. The average molecular weight is 161 g/mol.